The molecule has 0 aliphatic rings. The summed E-state index contributed by atoms with van der Waals surface area (Å²) in [6.07, 6.45) is 0. The van der Waals surface area contributed by atoms with Crippen LogP contribution in [0.3, 0.4) is 0 Å². The van der Waals surface area contributed by atoms with Crippen molar-refractivity contribution >= 4 is 51.4 Å². The Labute approximate surface area is 138 Å². The number of nitrogens with zero attached hydrogens (tertiary/aromatic N) is 4. The van der Waals surface area contributed by atoms with E-state index in [4.69, 9.17) is 0 Å². The van der Waals surface area contributed by atoms with E-state index in [1.807, 2.05) is 0 Å². The number of rotatable bonds is 2. The predicted molar refractivity (Wildman–Crippen MR) is 65.1 cm³/mol. The number of benzene rings is 1. The fraction of sp³-hybridized carbons (Fsp3) is 0. The zero-order valence-electron chi connectivity index (χ0n) is 8.49. The van der Waals surface area contributed by atoms with Crippen molar-refractivity contribution in [2.45, 2.75) is 0 Å². The molecule has 0 amide bonds. The molecule has 2 heterocycles. The van der Waals surface area contributed by atoms with Gasteiger partial charge in [-0.15, -0.1) is 0 Å². The van der Waals surface area contributed by atoms with Gasteiger partial charge < -0.3 is 24.8 Å². The second-order valence-electron chi connectivity index (χ2n) is 2.89. The Morgan fingerprint density at radius 1 is 0.722 bits per heavy atom. The third kappa shape index (κ3) is 3.91. The van der Waals surface area contributed by atoms with Gasteiger partial charge in [0.25, 0.3) is 0 Å². The average Bonchev–Trinajstić information content (AvgIpc) is 3.03. The first-order valence-electron chi connectivity index (χ1n) is 4.28. The Balaban J connectivity index is 0.000000810. The molecule has 0 spiro atoms. The van der Waals surface area contributed by atoms with E-state index in [-0.39, 0.29) is 24.8 Å². The van der Waals surface area contributed by atoms with Crippen LogP contribution in [-0.2, 0) is 0 Å². The first kappa shape index (κ1) is 16.9. The molecule has 0 fully saturated rings. The second-order valence-corrected chi connectivity index (χ2v) is 12.2. The van der Waals surface area contributed by atoms with Gasteiger partial charge in [-0.3, -0.25) is 0 Å². The molecular weight excluding hydrogens is 539 g/mol. The standard InChI is InChI=1S/C8H4N4Se4.2ClH/c1-2-6(8-11-15-16-12-8)4-3-5(1)7-9-13-14-10-7;;/h1-4H;2*1H/q+2;;/p-2. The summed E-state index contributed by atoms with van der Waals surface area (Å²) in [5, 5.41) is 0. The topological polar surface area (TPSA) is 51.6 Å². The molecule has 3 aromatic rings. The molecule has 18 heavy (non-hydrogen) atoms. The molecule has 0 bridgehead atoms. The molecule has 10 heteroatoms. The summed E-state index contributed by atoms with van der Waals surface area (Å²) >= 11 is 1.54. The Morgan fingerprint density at radius 2 is 1.11 bits per heavy atom. The van der Waals surface area contributed by atoms with Gasteiger partial charge >= 0.3 is 114 Å². The number of hydrogen-bond acceptors (Lipinski definition) is 4. The van der Waals surface area contributed by atoms with Crippen molar-refractivity contribution in [2.24, 2.45) is 0 Å². The van der Waals surface area contributed by atoms with Gasteiger partial charge in [0.15, 0.2) is 0 Å². The molecule has 0 saturated carbocycles. The monoisotopic (exact) mass is 546 g/mol. The van der Waals surface area contributed by atoms with Crippen molar-refractivity contribution in [3.63, 3.8) is 0 Å². The summed E-state index contributed by atoms with van der Waals surface area (Å²) in [5.41, 5.74) is 2.25. The second kappa shape index (κ2) is 8.18. The minimum atomic E-state index is 0. The molecule has 0 aliphatic carbocycles. The van der Waals surface area contributed by atoms with Gasteiger partial charge in [-0.05, 0) is 0 Å². The number of aromatic nitrogens is 4. The normalized spacial score (nSPS) is 9.33. The zero-order valence-corrected chi connectivity index (χ0v) is 16.9. The van der Waals surface area contributed by atoms with Gasteiger partial charge in [-0.2, -0.15) is 0 Å². The van der Waals surface area contributed by atoms with Gasteiger partial charge in [0, 0.05) is 0 Å². The van der Waals surface area contributed by atoms with E-state index in [1.54, 1.807) is 0 Å². The van der Waals surface area contributed by atoms with Crippen molar-refractivity contribution in [2.75, 3.05) is 0 Å². The fourth-order valence-corrected chi connectivity index (χ4v) is 8.38. The molecular formula is C8H4Cl2N4Se4. The maximum atomic E-state index is 4.43. The van der Waals surface area contributed by atoms with E-state index in [9.17, 15) is 0 Å². The predicted octanol–water partition coefficient (Wildman–Crippen LogP) is -6.60. The molecule has 0 radical (unpaired) electrons. The van der Waals surface area contributed by atoms with Crippen molar-refractivity contribution in [3.05, 3.63) is 24.3 Å². The Bertz CT molecular complexity index is 516. The molecule has 94 valence electrons. The summed E-state index contributed by atoms with van der Waals surface area (Å²) < 4.78 is 17.7. The van der Waals surface area contributed by atoms with Crippen LogP contribution in [0.1, 0.15) is 0 Å². The van der Waals surface area contributed by atoms with Crippen molar-refractivity contribution < 1.29 is 24.8 Å². The van der Waals surface area contributed by atoms with Crippen LogP contribution in [0.15, 0.2) is 24.3 Å². The third-order valence-corrected chi connectivity index (χ3v) is 9.02. The molecule has 4 nitrogen and oxygen atoms in total. The van der Waals surface area contributed by atoms with E-state index in [0.717, 1.165) is 22.8 Å². The number of halogens is 2. The van der Waals surface area contributed by atoms with Crippen LogP contribution in [0, 0.1) is 0 Å². The molecule has 2 aromatic heterocycles. The Morgan fingerprint density at radius 3 is 1.39 bits per heavy atom. The Hall–Kier alpha value is 0.818. The van der Waals surface area contributed by atoms with Crippen LogP contribution in [-0.4, -0.2) is 67.4 Å². The van der Waals surface area contributed by atoms with Crippen molar-refractivity contribution in [1.82, 2.24) is 15.9 Å². The van der Waals surface area contributed by atoms with Gasteiger partial charge in [-0.1, -0.05) is 0 Å². The Kier molecular flexibility index (Phi) is 7.67. The fourth-order valence-electron chi connectivity index (χ4n) is 1.22. The van der Waals surface area contributed by atoms with Crippen LogP contribution >= 0.6 is 0 Å². The molecule has 0 N–H and O–H groups in total. The SMILES string of the molecule is [Cl-].[Cl-].c1cc(-c2n[se][se+]n2)ccc1-c1n[se][se+]n1. The van der Waals surface area contributed by atoms with Gasteiger partial charge in [0.2, 0.25) is 0 Å². The molecule has 0 aliphatic heterocycles. The summed E-state index contributed by atoms with van der Waals surface area (Å²) in [4.78, 5) is 0. The third-order valence-electron chi connectivity index (χ3n) is 1.96. The first-order chi connectivity index (χ1) is 7.93. The van der Waals surface area contributed by atoms with E-state index in [0.29, 0.717) is 51.4 Å². The summed E-state index contributed by atoms with van der Waals surface area (Å²) in [6, 6.07) is 8.30. The van der Waals surface area contributed by atoms with Crippen LogP contribution in [0.4, 0.5) is 0 Å². The molecule has 0 unspecified atom stereocenters. The number of hydrogen-bond donors (Lipinski definition) is 0. The quantitative estimate of drug-likeness (QED) is 0.302. The van der Waals surface area contributed by atoms with E-state index in [2.05, 4.69) is 40.2 Å². The molecule has 0 atom stereocenters. The van der Waals surface area contributed by atoms with E-state index < -0.39 is 0 Å². The van der Waals surface area contributed by atoms with Gasteiger partial charge in [0.05, 0.1) is 0 Å². The van der Waals surface area contributed by atoms with Crippen LogP contribution in [0.5, 0.6) is 0 Å². The van der Waals surface area contributed by atoms with Gasteiger partial charge in [0.1, 0.15) is 0 Å². The maximum absolute atomic E-state index is 4.43. The first-order valence-corrected chi connectivity index (χ1v) is 16.0. The molecule has 1 aromatic carbocycles. The van der Waals surface area contributed by atoms with E-state index >= 15 is 0 Å². The zero-order chi connectivity index (χ0) is 10.8. The van der Waals surface area contributed by atoms with Crippen molar-refractivity contribution in [1.29, 1.82) is 0 Å². The molecule has 3 rings (SSSR count). The van der Waals surface area contributed by atoms with Crippen molar-refractivity contribution in [3.8, 4) is 22.8 Å². The van der Waals surface area contributed by atoms with Crippen LogP contribution in [0.2, 0.25) is 0 Å². The van der Waals surface area contributed by atoms with Crippen LogP contribution < -0.4 is 24.8 Å². The average molecular weight is 543 g/mol. The summed E-state index contributed by atoms with van der Waals surface area (Å²) in [6.45, 7) is 0. The van der Waals surface area contributed by atoms with Crippen LogP contribution in [0.25, 0.3) is 22.8 Å². The van der Waals surface area contributed by atoms with E-state index in [1.165, 1.54) is 0 Å². The molecule has 0 saturated heterocycles. The van der Waals surface area contributed by atoms with Gasteiger partial charge in [-0.25, -0.2) is 0 Å². The minimum absolute atomic E-state index is 0. The summed E-state index contributed by atoms with van der Waals surface area (Å²) in [5.74, 6) is 1.87. The summed E-state index contributed by atoms with van der Waals surface area (Å²) in [7, 11) is 0.